The van der Waals surface area contributed by atoms with Crippen molar-refractivity contribution in [2.45, 2.75) is 13.0 Å². The second-order valence-electron chi connectivity index (χ2n) is 3.80. The SMILES string of the molecule is C[C@@H](C(=O)c1ccc2c(c1)OCO2)[NH+](C)O. The molecule has 0 fully saturated rings. The minimum atomic E-state index is -0.500. The molecule has 16 heavy (non-hydrogen) atoms. The van der Waals surface area contributed by atoms with Gasteiger partial charge < -0.3 is 9.47 Å². The van der Waals surface area contributed by atoms with Crippen LogP contribution < -0.4 is 14.5 Å². The van der Waals surface area contributed by atoms with E-state index in [0.29, 0.717) is 17.1 Å². The third-order valence-corrected chi connectivity index (χ3v) is 2.68. The van der Waals surface area contributed by atoms with Crippen molar-refractivity contribution in [3.8, 4) is 11.5 Å². The Morgan fingerprint density at radius 2 is 2.12 bits per heavy atom. The van der Waals surface area contributed by atoms with Crippen molar-refractivity contribution >= 4 is 5.78 Å². The lowest BCUT2D eigenvalue weighted by molar-refractivity contribution is -1.08. The summed E-state index contributed by atoms with van der Waals surface area (Å²) in [4.78, 5) is 11.9. The molecule has 5 heteroatoms. The Morgan fingerprint density at radius 3 is 2.81 bits per heavy atom. The third-order valence-electron chi connectivity index (χ3n) is 2.68. The summed E-state index contributed by atoms with van der Waals surface area (Å²) in [6, 6.07) is 4.52. The number of nitrogens with one attached hydrogen (secondary N) is 1. The average molecular weight is 224 g/mol. The molecule has 0 bridgehead atoms. The van der Waals surface area contributed by atoms with Crippen LogP contribution in [0.5, 0.6) is 11.5 Å². The molecule has 0 saturated carbocycles. The van der Waals surface area contributed by atoms with Crippen molar-refractivity contribution in [3.63, 3.8) is 0 Å². The Kier molecular flexibility index (Phi) is 2.80. The minimum absolute atomic E-state index is 0.114. The Morgan fingerprint density at radius 1 is 1.44 bits per heavy atom. The molecule has 1 aliphatic heterocycles. The molecule has 2 N–H and O–H groups in total. The van der Waals surface area contributed by atoms with Crippen LogP contribution in [0.4, 0.5) is 0 Å². The number of ketones is 1. The molecule has 1 aromatic carbocycles. The van der Waals surface area contributed by atoms with Gasteiger partial charge in [0.15, 0.2) is 17.5 Å². The number of rotatable bonds is 3. The van der Waals surface area contributed by atoms with Crippen LogP contribution in [0.1, 0.15) is 17.3 Å². The Hall–Kier alpha value is -1.59. The van der Waals surface area contributed by atoms with E-state index in [2.05, 4.69) is 0 Å². The number of carbonyl (C=O) groups is 1. The first-order chi connectivity index (χ1) is 7.59. The van der Waals surface area contributed by atoms with E-state index in [4.69, 9.17) is 9.47 Å². The van der Waals surface area contributed by atoms with E-state index >= 15 is 0 Å². The Balaban J connectivity index is 2.25. The van der Waals surface area contributed by atoms with Crippen LogP contribution in [-0.4, -0.2) is 30.9 Å². The van der Waals surface area contributed by atoms with Crippen molar-refractivity contribution in [1.82, 2.24) is 0 Å². The second-order valence-corrected chi connectivity index (χ2v) is 3.80. The van der Waals surface area contributed by atoms with Gasteiger partial charge in [0.25, 0.3) is 0 Å². The number of hydrogen-bond donors (Lipinski definition) is 2. The zero-order valence-electron chi connectivity index (χ0n) is 9.19. The highest BCUT2D eigenvalue weighted by Crippen LogP contribution is 2.32. The molecule has 0 amide bonds. The standard InChI is InChI=1S/C11H13NO4/c1-7(12(2)14)11(13)8-3-4-9-10(5-8)16-6-15-9/h3-5,7,14H,6H2,1-2H3/p+1/t7-/m0/s1. The van der Waals surface area contributed by atoms with Gasteiger partial charge in [-0.15, -0.1) is 0 Å². The normalized spacial score (nSPS) is 16.9. The largest absolute Gasteiger partial charge is 0.454 e. The molecule has 1 unspecified atom stereocenters. The predicted molar refractivity (Wildman–Crippen MR) is 55.0 cm³/mol. The van der Waals surface area contributed by atoms with Crippen molar-refractivity contribution in [2.24, 2.45) is 0 Å². The molecule has 2 atom stereocenters. The summed E-state index contributed by atoms with van der Waals surface area (Å²) in [7, 11) is 1.52. The summed E-state index contributed by atoms with van der Waals surface area (Å²) < 4.78 is 10.3. The number of hydrogen-bond acceptors (Lipinski definition) is 4. The van der Waals surface area contributed by atoms with Crippen molar-refractivity contribution < 1.29 is 24.5 Å². The van der Waals surface area contributed by atoms with Crippen molar-refractivity contribution in [2.75, 3.05) is 13.8 Å². The lowest BCUT2D eigenvalue weighted by Crippen LogP contribution is -3.11. The summed E-state index contributed by atoms with van der Waals surface area (Å²) in [5.74, 6) is 1.10. The molecule has 0 radical (unpaired) electrons. The highest BCUT2D eigenvalue weighted by Gasteiger charge is 2.24. The molecule has 0 aliphatic carbocycles. The van der Waals surface area contributed by atoms with Gasteiger partial charge in [-0.3, -0.25) is 4.79 Å². The molecule has 86 valence electrons. The molecule has 2 rings (SSSR count). The lowest BCUT2D eigenvalue weighted by Gasteiger charge is -2.12. The van der Waals surface area contributed by atoms with Crippen LogP contribution in [0.25, 0.3) is 0 Å². The van der Waals surface area contributed by atoms with E-state index in [1.54, 1.807) is 25.1 Å². The molecule has 0 spiro atoms. The average Bonchev–Trinajstić information content (AvgIpc) is 2.73. The van der Waals surface area contributed by atoms with E-state index in [9.17, 15) is 10.0 Å². The molecule has 0 aromatic heterocycles. The molecular weight excluding hydrogens is 210 g/mol. The summed E-state index contributed by atoms with van der Waals surface area (Å²) in [5.41, 5.74) is 0.519. The van der Waals surface area contributed by atoms with Crippen LogP contribution >= 0.6 is 0 Å². The zero-order chi connectivity index (χ0) is 11.7. The molecule has 5 nitrogen and oxygen atoms in total. The molecule has 1 heterocycles. The van der Waals surface area contributed by atoms with Crippen LogP contribution in [-0.2, 0) is 0 Å². The van der Waals surface area contributed by atoms with Crippen LogP contribution in [0.15, 0.2) is 18.2 Å². The second kappa shape index (κ2) is 4.11. The number of hydroxylamine groups is 2. The first-order valence-electron chi connectivity index (χ1n) is 5.06. The quantitative estimate of drug-likeness (QED) is 0.555. The topological polar surface area (TPSA) is 60.2 Å². The number of likely N-dealkylation sites (N-methyl/N-ethyl adjacent to an activating group) is 1. The van der Waals surface area contributed by atoms with Crippen LogP contribution in [0.3, 0.4) is 0 Å². The van der Waals surface area contributed by atoms with Gasteiger partial charge in [-0.25, -0.2) is 5.21 Å². The number of quaternary nitrogens is 1. The fourth-order valence-electron chi connectivity index (χ4n) is 1.49. The molecule has 0 saturated heterocycles. The molecule has 1 aliphatic rings. The maximum Gasteiger partial charge on any atom is 0.231 e. The van der Waals surface area contributed by atoms with E-state index in [1.807, 2.05) is 0 Å². The van der Waals surface area contributed by atoms with Gasteiger partial charge in [-0.05, 0) is 25.1 Å². The maximum atomic E-state index is 11.9. The summed E-state index contributed by atoms with van der Waals surface area (Å²) >= 11 is 0. The molecule has 1 aromatic rings. The Labute approximate surface area is 93.1 Å². The van der Waals surface area contributed by atoms with Gasteiger partial charge >= 0.3 is 0 Å². The first-order valence-corrected chi connectivity index (χ1v) is 5.06. The molecular formula is C11H14NO4+. The van der Waals surface area contributed by atoms with E-state index in [1.165, 1.54) is 7.05 Å². The van der Waals surface area contributed by atoms with E-state index in [0.717, 1.165) is 0 Å². The van der Waals surface area contributed by atoms with Gasteiger partial charge in [0.05, 0.1) is 7.05 Å². The number of benzene rings is 1. The lowest BCUT2D eigenvalue weighted by atomic mass is 10.0. The predicted octanol–water partition coefficient (Wildman–Crippen LogP) is -0.110. The van der Waals surface area contributed by atoms with Crippen LogP contribution in [0.2, 0.25) is 0 Å². The van der Waals surface area contributed by atoms with E-state index < -0.39 is 6.04 Å². The highest BCUT2D eigenvalue weighted by atomic mass is 16.7. The van der Waals surface area contributed by atoms with Gasteiger partial charge in [-0.2, -0.15) is 5.06 Å². The van der Waals surface area contributed by atoms with Gasteiger partial charge in [-0.1, -0.05) is 0 Å². The summed E-state index contributed by atoms with van der Waals surface area (Å²) in [6.45, 7) is 1.86. The van der Waals surface area contributed by atoms with Crippen molar-refractivity contribution in [3.05, 3.63) is 23.8 Å². The number of Topliss-reactive ketones (excluding diaryl/α,β-unsaturated/α-hetero) is 1. The Bertz CT molecular complexity index is 416. The number of carbonyl (C=O) groups excluding carboxylic acids is 1. The number of ether oxygens (including phenoxy) is 2. The van der Waals surface area contributed by atoms with E-state index in [-0.39, 0.29) is 17.6 Å². The first kappa shape index (κ1) is 10.9. The zero-order valence-corrected chi connectivity index (χ0v) is 9.19. The highest BCUT2D eigenvalue weighted by molar-refractivity contribution is 5.99. The summed E-state index contributed by atoms with van der Waals surface area (Å²) in [6.07, 6.45) is 0. The summed E-state index contributed by atoms with van der Waals surface area (Å²) in [5, 5.41) is 9.40. The third kappa shape index (κ3) is 1.87. The monoisotopic (exact) mass is 224 g/mol. The fourth-order valence-corrected chi connectivity index (χ4v) is 1.49. The van der Waals surface area contributed by atoms with Crippen LogP contribution in [0, 0.1) is 0 Å². The number of fused-ring (bicyclic) bond motifs is 1. The fraction of sp³-hybridized carbons (Fsp3) is 0.364. The smallest absolute Gasteiger partial charge is 0.231 e. The van der Waals surface area contributed by atoms with Gasteiger partial charge in [0.1, 0.15) is 0 Å². The maximum absolute atomic E-state index is 11.9. The minimum Gasteiger partial charge on any atom is -0.454 e. The van der Waals surface area contributed by atoms with Gasteiger partial charge in [0.2, 0.25) is 12.6 Å². The van der Waals surface area contributed by atoms with Gasteiger partial charge in [0, 0.05) is 5.56 Å². The van der Waals surface area contributed by atoms with Crippen molar-refractivity contribution in [1.29, 1.82) is 0 Å².